The molecule has 7 rings (SSSR count). The fourth-order valence-corrected chi connectivity index (χ4v) is 11.3. The Hall–Kier alpha value is -3.71. The summed E-state index contributed by atoms with van der Waals surface area (Å²) in [5, 5.41) is 18.8. The maximum atomic E-state index is 16.4. The molecule has 1 spiro atoms. The Labute approximate surface area is 301 Å². The van der Waals surface area contributed by atoms with Crippen molar-refractivity contribution in [2.45, 2.75) is 82.0 Å². The predicted octanol–water partition coefficient (Wildman–Crippen LogP) is 7.09. The SMILES string of the molecule is C[C@@H]1[C@@H]([Si](C)(C)F)[C@H](CCn2cc(C(CO)c3ccccc3)nn2)O[C@@]12C(=O)N(Cc1ccc(N3CCCCC3=O)cc1)c1ccc(Br)cc12. The van der Waals surface area contributed by atoms with Crippen molar-refractivity contribution in [3.05, 3.63) is 106 Å². The molecule has 2 fully saturated rings. The molecule has 3 aliphatic heterocycles. The molecule has 5 atom stereocenters. The first-order valence-corrected chi connectivity index (χ1v) is 21.2. The number of hydrogen-bond acceptors (Lipinski definition) is 6. The number of fused-ring (bicyclic) bond motifs is 2. The van der Waals surface area contributed by atoms with Gasteiger partial charge in [0.1, 0.15) is 0 Å². The lowest BCUT2D eigenvalue weighted by Crippen LogP contribution is -2.45. The highest BCUT2D eigenvalue weighted by atomic mass is 79.9. The molecule has 3 aliphatic rings. The number of carbonyl (C=O) groups is 2. The summed E-state index contributed by atoms with van der Waals surface area (Å²) >= 11 is 3.62. The van der Waals surface area contributed by atoms with Crippen molar-refractivity contribution in [3.63, 3.8) is 0 Å². The third kappa shape index (κ3) is 6.24. The minimum atomic E-state index is -3.35. The van der Waals surface area contributed by atoms with Crippen LogP contribution in [0.1, 0.15) is 60.9 Å². The van der Waals surface area contributed by atoms with Gasteiger partial charge in [-0.15, -0.1) is 5.10 Å². The van der Waals surface area contributed by atoms with Crippen LogP contribution in [-0.2, 0) is 33.0 Å². The van der Waals surface area contributed by atoms with Crippen LogP contribution >= 0.6 is 15.9 Å². The second kappa shape index (κ2) is 13.8. The van der Waals surface area contributed by atoms with Crippen molar-refractivity contribution >= 4 is 47.5 Å². The third-order valence-corrected chi connectivity index (χ3v) is 13.7. The van der Waals surface area contributed by atoms with Crippen molar-refractivity contribution < 1.29 is 23.5 Å². The first-order valence-electron chi connectivity index (χ1n) is 17.4. The quantitative estimate of drug-likeness (QED) is 0.137. The highest BCUT2D eigenvalue weighted by Crippen LogP contribution is 2.60. The number of aromatic nitrogens is 3. The largest absolute Gasteiger partial charge is 0.395 e. The van der Waals surface area contributed by atoms with Crippen LogP contribution in [-0.4, -0.2) is 59.6 Å². The molecule has 50 heavy (non-hydrogen) atoms. The second-order valence-corrected chi connectivity index (χ2v) is 19.0. The summed E-state index contributed by atoms with van der Waals surface area (Å²) in [6.07, 6.45) is 4.23. The van der Waals surface area contributed by atoms with Gasteiger partial charge in [0, 0.05) is 52.9 Å². The molecular formula is C38H43BrFN5O4Si. The van der Waals surface area contributed by atoms with Crippen LogP contribution in [0, 0.1) is 5.92 Å². The molecule has 0 aliphatic carbocycles. The average Bonchev–Trinajstić information content (AvgIpc) is 3.75. The van der Waals surface area contributed by atoms with Crippen molar-refractivity contribution in [1.82, 2.24) is 15.0 Å². The topological polar surface area (TPSA) is 101 Å². The summed E-state index contributed by atoms with van der Waals surface area (Å²) in [5.74, 6) is -0.764. The predicted molar refractivity (Wildman–Crippen MR) is 196 cm³/mol. The molecule has 4 aromatic rings. The minimum absolute atomic E-state index is 0.103. The van der Waals surface area contributed by atoms with Crippen molar-refractivity contribution in [2.75, 3.05) is 23.0 Å². The molecule has 0 bridgehead atoms. The van der Waals surface area contributed by atoms with Gasteiger partial charge in [-0.3, -0.25) is 14.3 Å². The Morgan fingerprint density at radius 3 is 2.54 bits per heavy atom. The summed E-state index contributed by atoms with van der Waals surface area (Å²) in [5.41, 5.74) is 3.12. The molecule has 1 N–H and O–H groups in total. The molecule has 2 saturated heterocycles. The number of piperidine rings is 1. The number of amides is 2. The molecule has 4 heterocycles. The van der Waals surface area contributed by atoms with E-state index in [0.717, 1.165) is 45.4 Å². The van der Waals surface area contributed by atoms with Gasteiger partial charge in [-0.25, -0.2) is 0 Å². The zero-order valence-electron chi connectivity index (χ0n) is 28.6. The Morgan fingerprint density at radius 2 is 1.84 bits per heavy atom. The lowest BCUT2D eigenvalue weighted by atomic mass is 9.82. The van der Waals surface area contributed by atoms with Gasteiger partial charge in [0.25, 0.3) is 5.91 Å². The summed E-state index contributed by atoms with van der Waals surface area (Å²) in [6.45, 7) is 6.73. The molecule has 0 radical (unpaired) electrons. The first kappa shape index (κ1) is 34.7. The van der Waals surface area contributed by atoms with Crippen LogP contribution in [0.3, 0.4) is 0 Å². The number of ether oxygens (including phenoxy) is 1. The van der Waals surface area contributed by atoms with E-state index < -0.39 is 31.6 Å². The fourth-order valence-electron chi connectivity index (χ4n) is 8.39. The van der Waals surface area contributed by atoms with E-state index in [4.69, 9.17) is 4.74 Å². The van der Waals surface area contributed by atoms with E-state index >= 15 is 4.11 Å². The highest BCUT2D eigenvalue weighted by molar-refractivity contribution is 9.10. The Balaban J connectivity index is 1.15. The van der Waals surface area contributed by atoms with Crippen LogP contribution in [0.25, 0.3) is 0 Å². The Kier molecular flexibility index (Phi) is 9.57. The van der Waals surface area contributed by atoms with E-state index in [1.54, 1.807) is 22.7 Å². The first-order chi connectivity index (χ1) is 24.0. The van der Waals surface area contributed by atoms with Gasteiger partial charge >= 0.3 is 0 Å². The van der Waals surface area contributed by atoms with E-state index in [0.29, 0.717) is 38.2 Å². The molecule has 3 aromatic carbocycles. The van der Waals surface area contributed by atoms with Gasteiger partial charge in [-0.1, -0.05) is 70.5 Å². The van der Waals surface area contributed by atoms with Crippen LogP contribution in [0.15, 0.2) is 83.5 Å². The highest BCUT2D eigenvalue weighted by Gasteiger charge is 2.66. The van der Waals surface area contributed by atoms with Gasteiger partial charge in [0.2, 0.25) is 14.3 Å². The van der Waals surface area contributed by atoms with Gasteiger partial charge in [0.15, 0.2) is 5.60 Å². The molecule has 9 nitrogen and oxygen atoms in total. The number of nitrogens with zero attached hydrogens (tertiary/aromatic N) is 5. The number of aliphatic hydroxyl groups excluding tert-OH is 1. The van der Waals surface area contributed by atoms with E-state index in [9.17, 15) is 14.7 Å². The number of aliphatic hydroxyl groups is 1. The van der Waals surface area contributed by atoms with Crippen molar-refractivity contribution in [1.29, 1.82) is 0 Å². The molecule has 0 saturated carbocycles. The number of rotatable bonds is 10. The second-order valence-electron chi connectivity index (χ2n) is 14.3. The summed E-state index contributed by atoms with van der Waals surface area (Å²) in [7, 11) is -3.35. The van der Waals surface area contributed by atoms with E-state index in [1.165, 1.54) is 0 Å². The Bertz CT molecular complexity index is 1870. The van der Waals surface area contributed by atoms with E-state index in [-0.39, 0.29) is 24.3 Å². The molecule has 262 valence electrons. The average molecular weight is 761 g/mol. The minimum Gasteiger partial charge on any atom is -0.395 e. The summed E-state index contributed by atoms with van der Waals surface area (Å²) in [4.78, 5) is 30.9. The maximum absolute atomic E-state index is 16.4. The van der Waals surface area contributed by atoms with Crippen LogP contribution in [0.2, 0.25) is 18.6 Å². The number of hydrogen-bond donors (Lipinski definition) is 1. The Morgan fingerprint density at radius 1 is 1.08 bits per heavy atom. The van der Waals surface area contributed by atoms with Crippen molar-refractivity contribution in [3.8, 4) is 0 Å². The monoisotopic (exact) mass is 759 g/mol. The number of aryl methyl sites for hydroxylation is 1. The van der Waals surface area contributed by atoms with Gasteiger partial charge in [0.05, 0.1) is 36.6 Å². The smallest absolute Gasteiger partial charge is 0.264 e. The number of carbonyl (C=O) groups excluding carboxylic acids is 2. The van der Waals surface area contributed by atoms with Crippen molar-refractivity contribution in [2.24, 2.45) is 5.92 Å². The third-order valence-electron chi connectivity index (χ3n) is 10.8. The summed E-state index contributed by atoms with van der Waals surface area (Å²) in [6, 6.07) is 23.3. The molecule has 2 amide bonds. The number of anilines is 2. The molecule has 1 unspecified atom stereocenters. The van der Waals surface area contributed by atoms with E-state index in [2.05, 4.69) is 26.2 Å². The van der Waals surface area contributed by atoms with Crippen LogP contribution in [0.4, 0.5) is 15.5 Å². The molecular weight excluding hydrogens is 717 g/mol. The van der Waals surface area contributed by atoms with Gasteiger partial charge < -0.3 is 23.8 Å². The molecule has 12 heteroatoms. The maximum Gasteiger partial charge on any atom is 0.264 e. The standard InChI is InChI=1S/C38H43BrFN5O4Si/c1-25-36(50(2,3)40)34(18-20-43-23-32(41-42-43)30(24-46)27-9-5-4-6-10-27)49-38(25)31-21-28(39)14-17-33(31)45(37(38)48)22-26-12-15-29(16-13-26)44-19-8-7-11-35(44)47/h4-6,9-10,12-17,21,23,25,30,34,36,46H,7-8,11,18-20,22,24H2,1-3H3/t25-,30?,34+,36-,38+/m1/s1. The zero-order chi connectivity index (χ0) is 35.2. The van der Waals surface area contributed by atoms with Crippen LogP contribution in [0.5, 0.6) is 0 Å². The summed E-state index contributed by atoms with van der Waals surface area (Å²) < 4.78 is 25.9. The fraction of sp³-hybridized carbons (Fsp3) is 0.421. The number of benzene rings is 3. The lowest BCUT2D eigenvalue weighted by molar-refractivity contribution is -0.146. The zero-order valence-corrected chi connectivity index (χ0v) is 31.2. The van der Waals surface area contributed by atoms with Gasteiger partial charge in [-0.2, -0.15) is 0 Å². The number of halogens is 2. The normalized spacial score (nSPS) is 24.3. The van der Waals surface area contributed by atoms with Gasteiger partial charge in [-0.05, 0) is 73.8 Å². The molecule has 1 aromatic heterocycles. The lowest BCUT2D eigenvalue weighted by Gasteiger charge is -2.31. The van der Waals surface area contributed by atoms with Crippen LogP contribution < -0.4 is 9.80 Å². The van der Waals surface area contributed by atoms with E-state index in [1.807, 2.05) is 90.8 Å².